The molecule has 1 unspecified atom stereocenters. The van der Waals surface area contributed by atoms with Crippen LogP contribution in [-0.2, 0) is 0 Å². The average Bonchev–Trinajstić information content (AvgIpc) is 2.17. The highest BCUT2D eigenvalue weighted by atomic mass is 79.9. The van der Waals surface area contributed by atoms with Gasteiger partial charge in [0.2, 0.25) is 0 Å². The molecular formula is C10H10BrF3O2. The lowest BCUT2D eigenvalue weighted by Crippen LogP contribution is -2.18. The molecule has 90 valence electrons. The summed E-state index contributed by atoms with van der Waals surface area (Å²) in [5.41, 5.74) is 0.314. The fourth-order valence-corrected chi connectivity index (χ4v) is 1.60. The van der Waals surface area contributed by atoms with Crippen LogP contribution < -0.4 is 4.74 Å². The van der Waals surface area contributed by atoms with Crippen LogP contribution in [0.3, 0.4) is 0 Å². The number of aliphatic hydroxyl groups is 1. The zero-order valence-electron chi connectivity index (χ0n) is 8.38. The maximum atomic E-state index is 12.1. The zero-order valence-corrected chi connectivity index (χ0v) is 9.97. The molecule has 1 aromatic carbocycles. The largest absolute Gasteiger partial charge is 0.573 e. The third-order valence-electron chi connectivity index (χ3n) is 2.00. The molecule has 0 saturated carbocycles. The minimum atomic E-state index is -4.72. The summed E-state index contributed by atoms with van der Waals surface area (Å²) in [4.78, 5) is 0. The third kappa shape index (κ3) is 3.68. The lowest BCUT2D eigenvalue weighted by atomic mass is 10.0. The van der Waals surface area contributed by atoms with E-state index in [4.69, 9.17) is 5.11 Å². The molecule has 6 heteroatoms. The van der Waals surface area contributed by atoms with Crippen molar-refractivity contribution in [3.8, 4) is 5.75 Å². The highest BCUT2D eigenvalue weighted by molar-refractivity contribution is 9.10. The Bertz CT molecular complexity index is 366. The molecule has 0 aliphatic rings. The first-order chi connectivity index (χ1) is 7.33. The van der Waals surface area contributed by atoms with Crippen molar-refractivity contribution in [3.05, 3.63) is 28.2 Å². The van der Waals surface area contributed by atoms with Gasteiger partial charge in [-0.2, -0.15) is 0 Å². The van der Waals surface area contributed by atoms with Gasteiger partial charge in [0, 0.05) is 22.6 Å². The van der Waals surface area contributed by atoms with Crippen molar-refractivity contribution in [2.24, 2.45) is 0 Å². The molecule has 1 aromatic rings. The Hall–Kier alpha value is -0.750. The number of hydrogen-bond acceptors (Lipinski definition) is 2. The second-order valence-electron chi connectivity index (χ2n) is 3.31. The van der Waals surface area contributed by atoms with Gasteiger partial charge in [-0.25, -0.2) is 0 Å². The summed E-state index contributed by atoms with van der Waals surface area (Å²) in [6, 6.07) is 4.18. The van der Waals surface area contributed by atoms with Gasteiger partial charge in [0.25, 0.3) is 0 Å². The van der Waals surface area contributed by atoms with E-state index in [0.29, 0.717) is 10.0 Å². The van der Waals surface area contributed by atoms with E-state index >= 15 is 0 Å². The molecule has 2 nitrogen and oxygen atoms in total. The monoisotopic (exact) mass is 298 g/mol. The van der Waals surface area contributed by atoms with E-state index in [9.17, 15) is 13.2 Å². The fourth-order valence-electron chi connectivity index (χ4n) is 1.22. The van der Waals surface area contributed by atoms with E-state index in [0.717, 1.165) is 0 Å². The molecule has 0 heterocycles. The molecule has 1 atom stereocenters. The maximum Gasteiger partial charge on any atom is 0.573 e. The second-order valence-corrected chi connectivity index (χ2v) is 4.23. The number of hydrogen-bond donors (Lipinski definition) is 1. The molecule has 0 bridgehead atoms. The Morgan fingerprint density at radius 2 is 2.06 bits per heavy atom. The van der Waals surface area contributed by atoms with Gasteiger partial charge in [-0.05, 0) is 18.2 Å². The van der Waals surface area contributed by atoms with Gasteiger partial charge >= 0.3 is 6.36 Å². The highest BCUT2D eigenvalue weighted by Gasteiger charge is 2.32. The van der Waals surface area contributed by atoms with Gasteiger partial charge in [-0.3, -0.25) is 0 Å². The van der Waals surface area contributed by atoms with Gasteiger partial charge in [0.1, 0.15) is 5.75 Å². The Kier molecular flexibility index (Phi) is 4.21. The Morgan fingerprint density at radius 3 is 2.56 bits per heavy atom. The standard InChI is InChI=1S/C10H10BrF3O2/c1-6(5-15)8-4-7(11)2-3-9(8)16-10(12,13)14/h2-4,6,15H,5H2,1H3. The van der Waals surface area contributed by atoms with E-state index in [2.05, 4.69) is 20.7 Å². The van der Waals surface area contributed by atoms with Gasteiger partial charge in [-0.1, -0.05) is 22.9 Å². The first-order valence-corrected chi connectivity index (χ1v) is 5.29. The van der Waals surface area contributed by atoms with Crippen LogP contribution in [0, 0.1) is 0 Å². The maximum absolute atomic E-state index is 12.1. The molecule has 0 amide bonds. The van der Waals surface area contributed by atoms with Crippen molar-refractivity contribution in [3.63, 3.8) is 0 Å². The van der Waals surface area contributed by atoms with Crippen LogP contribution in [0.15, 0.2) is 22.7 Å². The number of rotatable bonds is 3. The molecule has 0 spiro atoms. The van der Waals surface area contributed by atoms with Crippen LogP contribution in [0.1, 0.15) is 18.4 Å². The van der Waals surface area contributed by atoms with Crippen LogP contribution in [-0.4, -0.2) is 18.1 Å². The van der Waals surface area contributed by atoms with Crippen molar-refractivity contribution in [1.29, 1.82) is 0 Å². The molecule has 0 aromatic heterocycles. The van der Waals surface area contributed by atoms with E-state index in [-0.39, 0.29) is 12.4 Å². The number of aliphatic hydroxyl groups excluding tert-OH is 1. The lowest BCUT2D eigenvalue weighted by Gasteiger charge is -2.16. The number of alkyl halides is 3. The average molecular weight is 299 g/mol. The predicted octanol–water partition coefficient (Wildman–Crippen LogP) is 3.44. The Balaban J connectivity index is 3.07. The molecular weight excluding hydrogens is 289 g/mol. The number of benzene rings is 1. The van der Waals surface area contributed by atoms with Crippen molar-refractivity contribution >= 4 is 15.9 Å². The van der Waals surface area contributed by atoms with E-state index in [1.807, 2.05) is 0 Å². The first kappa shape index (κ1) is 13.3. The van der Waals surface area contributed by atoms with E-state index in [1.54, 1.807) is 6.92 Å². The van der Waals surface area contributed by atoms with Crippen molar-refractivity contribution in [1.82, 2.24) is 0 Å². The molecule has 1 rings (SSSR count). The van der Waals surface area contributed by atoms with Crippen LogP contribution >= 0.6 is 15.9 Å². The summed E-state index contributed by atoms with van der Waals surface area (Å²) in [7, 11) is 0. The SMILES string of the molecule is CC(CO)c1cc(Br)ccc1OC(F)(F)F. The smallest absolute Gasteiger partial charge is 0.405 e. The van der Waals surface area contributed by atoms with Crippen LogP contribution in [0.25, 0.3) is 0 Å². The van der Waals surface area contributed by atoms with Crippen LogP contribution in [0.4, 0.5) is 13.2 Å². The number of ether oxygens (including phenoxy) is 1. The molecule has 0 fully saturated rings. The highest BCUT2D eigenvalue weighted by Crippen LogP contribution is 2.33. The quantitative estimate of drug-likeness (QED) is 0.926. The van der Waals surface area contributed by atoms with Gasteiger partial charge in [-0.15, -0.1) is 13.2 Å². The van der Waals surface area contributed by atoms with Gasteiger partial charge in [0.15, 0.2) is 0 Å². The number of halogens is 4. The third-order valence-corrected chi connectivity index (χ3v) is 2.50. The van der Waals surface area contributed by atoms with E-state index < -0.39 is 12.3 Å². The van der Waals surface area contributed by atoms with E-state index in [1.165, 1.54) is 18.2 Å². The predicted molar refractivity (Wildman–Crippen MR) is 56.3 cm³/mol. The zero-order chi connectivity index (χ0) is 12.3. The van der Waals surface area contributed by atoms with Gasteiger partial charge < -0.3 is 9.84 Å². The van der Waals surface area contributed by atoms with Crippen molar-refractivity contribution in [2.75, 3.05) is 6.61 Å². The minimum absolute atomic E-state index is 0.245. The summed E-state index contributed by atoms with van der Waals surface area (Å²) in [5, 5.41) is 8.95. The van der Waals surface area contributed by atoms with Crippen molar-refractivity contribution in [2.45, 2.75) is 19.2 Å². The summed E-state index contributed by atoms with van der Waals surface area (Å²) < 4.78 is 40.8. The molecule has 0 aliphatic heterocycles. The van der Waals surface area contributed by atoms with Crippen LogP contribution in [0.5, 0.6) is 5.75 Å². The Morgan fingerprint density at radius 1 is 1.44 bits per heavy atom. The minimum Gasteiger partial charge on any atom is -0.405 e. The first-order valence-electron chi connectivity index (χ1n) is 4.49. The topological polar surface area (TPSA) is 29.5 Å². The molecule has 16 heavy (non-hydrogen) atoms. The molecule has 0 radical (unpaired) electrons. The molecule has 1 N–H and O–H groups in total. The van der Waals surface area contributed by atoms with Gasteiger partial charge in [0.05, 0.1) is 0 Å². The Labute approximate surface area is 99.2 Å². The normalized spacial score (nSPS) is 13.6. The van der Waals surface area contributed by atoms with Crippen molar-refractivity contribution < 1.29 is 23.0 Å². The summed E-state index contributed by atoms with van der Waals surface area (Å²) >= 11 is 3.15. The summed E-state index contributed by atoms with van der Waals surface area (Å²) in [6.07, 6.45) is -4.72. The summed E-state index contributed by atoms with van der Waals surface area (Å²) in [6.45, 7) is 1.37. The lowest BCUT2D eigenvalue weighted by molar-refractivity contribution is -0.275. The molecule has 0 aliphatic carbocycles. The summed E-state index contributed by atoms with van der Waals surface area (Å²) in [5.74, 6) is -0.702. The second kappa shape index (κ2) is 5.05. The van der Waals surface area contributed by atoms with Crippen LogP contribution in [0.2, 0.25) is 0 Å². The molecule has 0 saturated heterocycles. The fraction of sp³-hybridized carbons (Fsp3) is 0.400.